The molecule has 0 saturated heterocycles. The Balaban J connectivity index is 2.10. The van der Waals surface area contributed by atoms with Crippen molar-refractivity contribution in [3.63, 3.8) is 0 Å². The lowest BCUT2D eigenvalue weighted by Gasteiger charge is -2.30. The van der Waals surface area contributed by atoms with Gasteiger partial charge in [-0.05, 0) is 67.0 Å². The third-order valence-electron chi connectivity index (χ3n) is 4.07. The van der Waals surface area contributed by atoms with Gasteiger partial charge in [-0.2, -0.15) is 0 Å². The van der Waals surface area contributed by atoms with Crippen LogP contribution < -0.4 is 0 Å². The summed E-state index contributed by atoms with van der Waals surface area (Å²) in [6, 6.07) is 0. The van der Waals surface area contributed by atoms with E-state index in [1.165, 1.54) is 25.7 Å². The molecule has 0 bridgehead atoms. The summed E-state index contributed by atoms with van der Waals surface area (Å²) in [7, 11) is 0. The molecule has 1 aromatic rings. The number of halogens is 2. The second-order valence-corrected chi connectivity index (χ2v) is 7.06. The molecular weight excluding hydrogens is 359 g/mol. The minimum Gasteiger partial charge on any atom is -0.237 e. The highest BCUT2D eigenvalue weighted by Crippen LogP contribution is 2.38. The number of rotatable bonds is 2. The number of nitrogens with zero attached hydrogens (tertiary/aromatic N) is 2. The lowest BCUT2D eigenvalue weighted by Crippen LogP contribution is -2.19. The van der Waals surface area contributed by atoms with E-state index in [-0.39, 0.29) is 0 Å². The molecule has 1 saturated carbocycles. The molecule has 0 amide bonds. The van der Waals surface area contributed by atoms with Gasteiger partial charge in [-0.1, -0.05) is 25.4 Å². The van der Waals surface area contributed by atoms with E-state index in [1.54, 1.807) is 0 Å². The van der Waals surface area contributed by atoms with Crippen LogP contribution in [0.15, 0.2) is 0 Å². The van der Waals surface area contributed by atoms with Crippen LogP contribution in [0.4, 0.5) is 0 Å². The average molecular weight is 379 g/mol. The summed E-state index contributed by atoms with van der Waals surface area (Å²) in [6.07, 6.45) is 5.01. The van der Waals surface area contributed by atoms with Crippen LogP contribution in [0, 0.1) is 22.3 Å². The Morgan fingerprint density at radius 3 is 2.28 bits per heavy atom. The summed E-state index contributed by atoms with van der Waals surface area (Å²) in [5.41, 5.74) is 1.01. The van der Waals surface area contributed by atoms with E-state index >= 15 is 0 Å². The third kappa shape index (κ3) is 3.16. The molecule has 1 aromatic heterocycles. The van der Waals surface area contributed by atoms with Crippen LogP contribution in [0.2, 0.25) is 5.15 Å². The van der Waals surface area contributed by atoms with Gasteiger partial charge in [0, 0.05) is 5.92 Å². The lowest BCUT2D eigenvalue weighted by molar-refractivity contribution is 0.254. The van der Waals surface area contributed by atoms with Crippen molar-refractivity contribution >= 4 is 34.2 Å². The minimum absolute atomic E-state index is 0.508. The van der Waals surface area contributed by atoms with Crippen molar-refractivity contribution < 1.29 is 0 Å². The molecule has 2 rings (SSSR count). The fourth-order valence-electron chi connectivity index (χ4n) is 2.77. The van der Waals surface area contributed by atoms with Gasteiger partial charge in [0.2, 0.25) is 0 Å². The van der Waals surface area contributed by atoms with Crippen LogP contribution in [-0.4, -0.2) is 9.97 Å². The molecule has 0 atom stereocenters. The number of aryl methyl sites for hydroxylation is 1. The van der Waals surface area contributed by atoms with Gasteiger partial charge >= 0.3 is 0 Å². The standard InChI is InChI=1S/C14H20ClIN2/c1-8(2)10-4-6-11(7-5-10)14-17-9(3)12(16)13(15)18-14/h8,10-11H,4-7H2,1-3H3. The van der Waals surface area contributed by atoms with Crippen molar-refractivity contribution in [2.24, 2.45) is 11.8 Å². The van der Waals surface area contributed by atoms with Crippen LogP contribution in [0.5, 0.6) is 0 Å². The van der Waals surface area contributed by atoms with Crippen molar-refractivity contribution in [2.75, 3.05) is 0 Å². The van der Waals surface area contributed by atoms with Crippen LogP contribution in [0.1, 0.15) is 57.0 Å². The summed E-state index contributed by atoms with van der Waals surface area (Å²) >= 11 is 8.37. The van der Waals surface area contributed by atoms with E-state index in [1.807, 2.05) is 6.92 Å². The van der Waals surface area contributed by atoms with Gasteiger partial charge in [0.05, 0.1) is 9.26 Å². The van der Waals surface area contributed by atoms with E-state index in [9.17, 15) is 0 Å². The van der Waals surface area contributed by atoms with Crippen LogP contribution >= 0.6 is 34.2 Å². The molecule has 1 aliphatic rings. The summed E-state index contributed by atoms with van der Waals surface area (Å²) in [4.78, 5) is 9.10. The monoisotopic (exact) mass is 378 g/mol. The Morgan fingerprint density at radius 2 is 1.78 bits per heavy atom. The van der Waals surface area contributed by atoms with Crippen molar-refractivity contribution in [3.8, 4) is 0 Å². The molecular formula is C14H20ClIN2. The molecule has 18 heavy (non-hydrogen) atoms. The Morgan fingerprint density at radius 1 is 1.17 bits per heavy atom. The largest absolute Gasteiger partial charge is 0.237 e. The van der Waals surface area contributed by atoms with Crippen molar-refractivity contribution in [1.82, 2.24) is 9.97 Å². The predicted molar refractivity (Wildman–Crippen MR) is 84.0 cm³/mol. The zero-order valence-electron chi connectivity index (χ0n) is 11.2. The first kappa shape index (κ1) is 14.5. The molecule has 0 N–H and O–H groups in total. The van der Waals surface area contributed by atoms with Crippen molar-refractivity contribution in [3.05, 3.63) is 20.2 Å². The fourth-order valence-corrected chi connectivity index (χ4v) is 3.24. The first-order valence-electron chi connectivity index (χ1n) is 6.68. The minimum atomic E-state index is 0.508. The maximum Gasteiger partial charge on any atom is 0.146 e. The fraction of sp³-hybridized carbons (Fsp3) is 0.714. The molecule has 0 unspecified atom stereocenters. The number of aromatic nitrogens is 2. The molecule has 1 aliphatic carbocycles. The quantitative estimate of drug-likeness (QED) is 0.536. The molecule has 0 aliphatic heterocycles. The van der Waals surface area contributed by atoms with E-state index in [0.29, 0.717) is 11.1 Å². The molecule has 0 aromatic carbocycles. The van der Waals surface area contributed by atoms with Crippen LogP contribution in [0.25, 0.3) is 0 Å². The molecule has 1 fully saturated rings. The van der Waals surface area contributed by atoms with Gasteiger partial charge in [-0.3, -0.25) is 0 Å². The molecule has 100 valence electrons. The molecule has 0 radical (unpaired) electrons. The Bertz CT molecular complexity index is 403. The Kier molecular flexibility index (Phi) is 4.86. The molecule has 4 heteroatoms. The molecule has 0 spiro atoms. The summed E-state index contributed by atoms with van der Waals surface area (Å²) in [5, 5.41) is 0.615. The van der Waals surface area contributed by atoms with E-state index in [2.05, 4.69) is 46.4 Å². The highest BCUT2D eigenvalue weighted by atomic mass is 127. The number of hydrogen-bond acceptors (Lipinski definition) is 2. The van der Waals surface area contributed by atoms with Crippen molar-refractivity contribution in [1.29, 1.82) is 0 Å². The van der Waals surface area contributed by atoms with Gasteiger partial charge in [0.25, 0.3) is 0 Å². The smallest absolute Gasteiger partial charge is 0.146 e. The van der Waals surface area contributed by atoms with E-state index < -0.39 is 0 Å². The first-order chi connectivity index (χ1) is 8.49. The summed E-state index contributed by atoms with van der Waals surface area (Å²) in [5.74, 6) is 3.14. The van der Waals surface area contributed by atoms with Gasteiger partial charge in [-0.15, -0.1) is 0 Å². The van der Waals surface area contributed by atoms with E-state index in [4.69, 9.17) is 11.6 Å². The Hall–Kier alpha value is 0.100. The van der Waals surface area contributed by atoms with Gasteiger partial charge in [-0.25, -0.2) is 9.97 Å². The predicted octanol–water partition coefficient (Wildman–Crippen LogP) is 4.97. The van der Waals surface area contributed by atoms with Crippen LogP contribution in [-0.2, 0) is 0 Å². The zero-order chi connectivity index (χ0) is 13.3. The maximum atomic E-state index is 6.16. The lowest BCUT2D eigenvalue weighted by atomic mass is 9.77. The summed E-state index contributed by atoms with van der Waals surface area (Å²) < 4.78 is 0.980. The number of hydrogen-bond donors (Lipinski definition) is 0. The topological polar surface area (TPSA) is 25.8 Å². The summed E-state index contributed by atoms with van der Waals surface area (Å²) in [6.45, 7) is 6.67. The van der Waals surface area contributed by atoms with Gasteiger partial charge in [0.1, 0.15) is 11.0 Å². The van der Waals surface area contributed by atoms with Gasteiger partial charge < -0.3 is 0 Å². The Labute approximate surface area is 128 Å². The SMILES string of the molecule is Cc1nc(C2CCC(C(C)C)CC2)nc(Cl)c1I. The van der Waals surface area contributed by atoms with E-state index in [0.717, 1.165) is 26.9 Å². The molecule has 1 heterocycles. The van der Waals surface area contributed by atoms with Crippen molar-refractivity contribution in [2.45, 2.75) is 52.4 Å². The highest BCUT2D eigenvalue weighted by molar-refractivity contribution is 14.1. The average Bonchev–Trinajstić information content (AvgIpc) is 2.35. The maximum absolute atomic E-state index is 6.16. The van der Waals surface area contributed by atoms with Crippen LogP contribution in [0.3, 0.4) is 0 Å². The third-order valence-corrected chi connectivity index (χ3v) is 5.96. The van der Waals surface area contributed by atoms with Gasteiger partial charge in [0.15, 0.2) is 0 Å². The first-order valence-corrected chi connectivity index (χ1v) is 8.14. The second kappa shape index (κ2) is 6.04. The molecule has 2 nitrogen and oxygen atoms in total. The normalized spacial score (nSPS) is 24.6. The second-order valence-electron chi connectivity index (χ2n) is 5.63. The highest BCUT2D eigenvalue weighted by Gasteiger charge is 2.26. The zero-order valence-corrected chi connectivity index (χ0v) is 14.1.